The highest BCUT2D eigenvalue weighted by Crippen LogP contribution is 2.36. The van der Waals surface area contributed by atoms with Crippen molar-refractivity contribution in [2.75, 3.05) is 11.6 Å². The third-order valence-corrected chi connectivity index (χ3v) is 4.13. The number of hydrogen-bond acceptors (Lipinski definition) is 6. The van der Waals surface area contributed by atoms with Gasteiger partial charge in [-0.25, -0.2) is 4.98 Å². The van der Waals surface area contributed by atoms with Crippen LogP contribution in [0.15, 0.2) is 35.4 Å². The van der Waals surface area contributed by atoms with Gasteiger partial charge in [0.25, 0.3) is 0 Å². The predicted molar refractivity (Wildman–Crippen MR) is 90.3 cm³/mol. The van der Waals surface area contributed by atoms with Gasteiger partial charge in [0.1, 0.15) is 11.7 Å². The molecule has 1 aromatic heterocycles. The molecule has 2 rings (SSSR count). The predicted octanol–water partition coefficient (Wildman–Crippen LogP) is 4.11. The molecular formula is C16H18F3N3O2S. The minimum absolute atomic E-state index is 0.0299. The average molecular weight is 373 g/mol. The van der Waals surface area contributed by atoms with Crippen LogP contribution in [0.25, 0.3) is 0 Å². The molecule has 2 aromatic rings. The Morgan fingerprint density at radius 3 is 2.36 bits per heavy atom. The highest BCUT2D eigenvalue weighted by atomic mass is 32.2. The van der Waals surface area contributed by atoms with Crippen molar-refractivity contribution in [2.45, 2.75) is 37.1 Å². The second-order valence-electron chi connectivity index (χ2n) is 5.33. The summed E-state index contributed by atoms with van der Waals surface area (Å²) in [5, 5.41) is 12.3. The van der Waals surface area contributed by atoms with Crippen molar-refractivity contribution in [3.05, 3.63) is 36.0 Å². The molecule has 5 nitrogen and oxygen atoms in total. The van der Waals surface area contributed by atoms with Crippen LogP contribution in [0.2, 0.25) is 0 Å². The molecule has 0 spiro atoms. The molecule has 0 saturated heterocycles. The van der Waals surface area contributed by atoms with Crippen molar-refractivity contribution in [1.29, 1.82) is 0 Å². The SMILES string of the molecule is CSc1ccc(Nc2ncc(C(F)(F)F)c(O[C@H](C)[C@@H](C)O)n2)cc1. The lowest BCUT2D eigenvalue weighted by atomic mass is 10.2. The van der Waals surface area contributed by atoms with Gasteiger partial charge in [-0.3, -0.25) is 0 Å². The maximum atomic E-state index is 13.1. The van der Waals surface area contributed by atoms with Crippen molar-refractivity contribution in [2.24, 2.45) is 0 Å². The van der Waals surface area contributed by atoms with Gasteiger partial charge in [-0.05, 0) is 44.4 Å². The zero-order valence-corrected chi connectivity index (χ0v) is 14.6. The number of alkyl halides is 3. The molecule has 136 valence electrons. The summed E-state index contributed by atoms with van der Waals surface area (Å²) in [6, 6.07) is 7.27. The number of rotatable bonds is 6. The number of benzene rings is 1. The molecule has 0 bridgehead atoms. The molecule has 0 radical (unpaired) electrons. The summed E-state index contributed by atoms with van der Waals surface area (Å²) in [5.74, 6) is -0.656. The Morgan fingerprint density at radius 2 is 1.84 bits per heavy atom. The maximum absolute atomic E-state index is 13.1. The topological polar surface area (TPSA) is 67.3 Å². The molecule has 25 heavy (non-hydrogen) atoms. The summed E-state index contributed by atoms with van der Waals surface area (Å²) in [5.41, 5.74) is -0.463. The Labute approximate surface area is 147 Å². The summed E-state index contributed by atoms with van der Waals surface area (Å²) >= 11 is 1.57. The van der Waals surface area contributed by atoms with E-state index in [0.717, 1.165) is 4.90 Å². The summed E-state index contributed by atoms with van der Waals surface area (Å²) in [6.45, 7) is 2.88. The van der Waals surface area contributed by atoms with Crippen molar-refractivity contribution in [1.82, 2.24) is 9.97 Å². The number of thioether (sulfide) groups is 1. The molecular weight excluding hydrogens is 355 g/mol. The molecule has 0 aliphatic heterocycles. The fraction of sp³-hybridized carbons (Fsp3) is 0.375. The van der Waals surface area contributed by atoms with Crippen LogP contribution in [-0.4, -0.2) is 33.5 Å². The zero-order chi connectivity index (χ0) is 18.6. The van der Waals surface area contributed by atoms with Gasteiger partial charge < -0.3 is 15.2 Å². The van der Waals surface area contributed by atoms with E-state index in [1.165, 1.54) is 13.8 Å². The molecule has 1 aromatic carbocycles. The molecule has 9 heteroatoms. The van der Waals surface area contributed by atoms with Gasteiger partial charge in [-0.1, -0.05) is 0 Å². The van der Waals surface area contributed by atoms with E-state index in [0.29, 0.717) is 11.9 Å². The fourth-order valence-electron chi connectivity index (χ4n) is 1.79. The molecule has 0 aliphatic carbocycles. The molecule has 0 aliphatic rings. The second kappa shape index (κ2) is 7.92. The number of aliphatic hydroxyl groups is 1. The van der Waals surface area contributed by atoms with Crippen LogP contribution in [0.3, 0.4) is 0 Å². The van der Waals surface area contributed by atoms with Crippen LogP contribution in [-0.2, 0) is 6.18 Å². The molecule has 0 saturated carbocycles. The van der Waals surface area contributed by atoms with E-state index in [9.17, 15) is 18.3 Å². The van der Waals surface area contributed by atoms with Crippen molar-refractivity contribution in [3.8, 4) is 5.88 Å². The van der Waals surface area contributed by atoms with E-state index in [-0.39, 0.29) is 5.95 Å². The van der Waals surface area contributed by atoms with Crippen LogP contribution >= 0.6 is 11.8 Å². The maximum Gasteiger partial charge on any atom is 0.423 e. The zero-order valence-electron chi connectivity index (χ0n) is 13.8. The number of aromatic nitrogens is 2. The number of nitrogens with zero attached hydrogens (tertiary/aromatic N) is 2. The Balaban J connectivity index is 2.29. The van der Waals surface area contributed by atoms with E-state index in [4.69, 9.17) is 4.74 Å². The lowest BCUT2D eigenvalue weighted by Gasteiger charge is -2.19. The van der Waals surface area contributed by atoms with Gasteiger partial charge in [0.2, 0.25) is 11.8 Å². The highest BCUT2D eigenvalue weighted by Gasteiger charge is 2.37. The first kappa shape index (κ1) is 19.3. The first-order valence-electron chi connectivity index (χ1n) is 7.40. The monoisotopic (exact) mass is 373 g/mol. The molecule has 2 atom stereocenters. The largest absolute Gasteiger partial charge is 0.471 e. The van der Waals surface area contributed by atoms with Crippen LogP contribution in [0.1, 0.15) is 19.4 Å². The number of anilines is 2. The van der Waals surface area contributed by atoms with Gasteiger partial charge in [-0.2, -0.15) is 18.2 Å². The Bertz CT molecular complexity index is 709. The fourth-order valence-corrected chi connectivity index (χ4v) is 2.20. The Hall–Kier alpha value is -2.00. The molecule has 1 heterocycles. The number of aliphatic hydroxyl groups excluding tert-OH is 1. The third-order valence-electron chi connectivity index (χ3n) is 3.38. The molecule has 2 N–H and O–H groups in total. The number of ether oxygens (including phenoxy) is 1. The van der Waals surface area contributed by atoms with Crippen LogP contribution in [0.4, 0.5) is 24.8 Å². The quantitative estimate of drug-likeness (QED) is 0.743. The minimum atomic E-state index is -4.66. The highest BCUT2D eigenvalue weighted by molar-refractivity contribution is 7.98. The summed E-state index contributed by atoms with van der Waals surface area (Å²) in [7, 11) is 0. The van der Waals surface area contributed by atoms with Crippen LogP contribution in [0, 0.1) is 0 Å². The Kier molecular flexibility index (Phi) is 6.12. The van der Waals surface area contributed by atoms with E-state index >= 15 is 0 Å². The lowest BCUT2D eigenvalue weighted by molar-refractivity contribution is -0.140. The standard InChI is InChI=1S/C16H18F3N3O2S/c1-9(23)10(2)24-14-13(16(17,18)19)8-20-15(22-14)21-11-4-6-12(25-3)7-5-11/h4-10,23H,1-3H3,(H,20,21,22)/t9-,10-/m1/s1. The van der Waals surface area contributed by atoms with Gasteiger partial charge in [0.05, 0.1) is 6.10 Å². The number of hydrogen-bond donors (Lipinski definition) is 2. The Morgan fingerprint density at radius 1 is 1.20 bits per heavy atom. The third kappa shape index (κ3) is 5.23. The summed E-state index contributed by atoms with van der Waals surface area (Å²) in [4.78, 5) is 8.57. The van der Waals surface area contributed by atoms with Gasteiger partial charge in [0, 0.05) is 16.8 Å². The first-order chi connectivity index (χ1) is 11.7. The van der Waals surface area contributed by atoms with Gasteiger partial charge >= 0.3 is 6.18 Å². The van der Waals surface area contributed by atoms with Gasteiger partial charge in [0.15, 0.2) is 0 Å². The summed E-state index contributed by atoms with van der Waals surface area (Å²) in [6.07, 6.45) is -3.87. The van der Waals surface area contributed by atoms with E-state index < -0.39 is 29.8 Å². The minimum Gasteiger partial charge on any atom is -0.471 e. The molecule has 0 fully saturated rings. The van der Waals surface area contributed by atoms with Crippen LogP contribution in [0.5, 0.6) is 5.88 Å². The van der Waals surface area contributed by atoms with E-state index in [1.807, 2.05) is 18.4 Å². The van der Waals surface area contributed by atoms with Crippen molar-refractivity contribution in [3.63, 3.8) is 0 Å². The normalized spacial score (nSPS) is 14.0. The van der Waals surface area contributed by atoms with Crippen LogP contribution < -0.4 is 10.1 Å². The smallest absolute Gasteiger partial charge is 0.423 e. The lowest BCUT2D eigenvalue weighted by Crippen LogP contribution is -2.27. The average Bonchev–Trinajstić information content (AvgIpc) is 2.54. The van der Waals surface area contributed by atoms with E-state index in [1.54, 1.807) is 23.9 Å². The second-order valence-corrected chi connectivity index (χ2v) is 6.21. The number of nitrogens with one attached hydrogen (secondary N) is 1. The summed E-state index contributed by atoms with van der Waals surface area (Å²) < 4.78 is 44.5. The molecule has 0 unspecified atom stereocenters. The van der Waals surface area contributed by atoms with E-state index in [2.05, 4.69) is 15.3 Å². The number of halogens is 3. The van der Waals surface area contributed by atoms with Gasteiger partial charge in [-0.15, -0.1) is 11.8 Å². The first-order valence-corrected chi connectivity index (χ1v) is 8.63. The molecule has 0 amide bonds. The van der Waals surface area contributed by atoms with Crippen molar-refractivity contribution < 1.29 is 23.0 Å². The van der Waals surface area contributed by atoms with Crippen molar-refractivity contribution >= 4 is 23.4 Å².